The summed E-state index contributed by atoms with van der Waals surface area (Å²) in [5, 5.41) is 22.7. The molecule has 0 aromatic carbocycles. The minimum absolute atomic E-state index is 0.0734. The number of aliphatic hydroxyl groups excluding tert-OH is 1. The fourth-order valence-electron chi connectivity index (χ4n) is 8.43. The molecule has 9 atom stereocenters. The van der Waals surface area contributed by atoms with Crippen molar-refractivity contribution in [3.05, 3.63) is 24.3 Å². The third kappa shape index (κ3) is 1.83. The van der Waals surface area contributed by atoms with Gasteiger partial charge >= 0.3 is 0 Å². The van der Waals surface area contributed by atoms with E-state index >= 15 is 0 Å². The Hall–Kier alpha value is -0.980. The number of allylic oxidation sites excluding steroid dienone is 2. The number of aliphatic hydroxyl groups is 2. The van der Waals surface area contributed by atoms with Crippen LogP contribution in [0.4, 0.5) is 0 Å². The molecular weight excluding hydrogens is 386 g/mol. The van der Waals surface area contributed by atoms with Crippen LogP contribution in [0.3, 0.4) is 0 Å². The summed E-state index contributed by atoms with van der Waals surface area (Å²) in [6.45, 7) is 4.82. The molecular formula is C23H31NO4S. The van der Waals surface area contributed by atoms with Crippen LogP contribution in [0.15, 0.2) is 24.3 Å². The van der Waals surface area contributed by atoms with E-state index in [0.717, 1.165) is 25.7 Å². The molecule has 29 heavy (non-hydrogen) atoms. The smallest absolute Gasteiger partial charge is 0.245 e. The fourth-order valence-corrected chi connectivity index (χ4v) is 11.3. The standard InChI is InChI=1S/C23H31NO4S/c1-20(2)15-7-9-21(20,17(25)12-15)13-29(28)23-16-6-5-14(11-16)18(23)22(27)8-3-4-10-24(22)19(23)26/h3-6,14-18,25,27H,7-13H2,1-2H3/t14-,15-,16+,17-,18+,21-,22-,23-,29?/m1/s1. The van der Waals surface area contributed by atoms with Crippen LogP contribution in [-0.2, 0) is 15.6 Å². The van der Waals surface area contributed by atoms with Gasteiger partial charge in [0.25, 0.3) is 0 Å². The van der Waals surface area contributed by atoms with Crippen LogP contribution in [-0.4, -0.2) is 54.1 Å². The van der Waals surface area contributed by atoms with Gasteiger partial charge in [0, 0.05) is 46.8 Å². The van der Waals surface area contributed by atoms with E-state index in [0.29, 0.717) is 24.6 Å². The van der Waals surface area contributed by atoms with Gasteiger partial charge in [-0.25, -0.2) is 0 Å². The first kappa shape index (κ1) is 18.8. The third-order valence-corrected chi connectivity index (χ3v) is 12.4. The SMILES string of the molecule is CC1(C)[C@@H]2CC[C@@]1(CS(=O)[C@@]13C(=O)N4CC=CC[C@@]4(O)[C@@H]1[C@@H]1C=C[C@H]3C1)[C@H](O)C2. The lowest BCUT2D eigenvalue weighted by molar-refractivity contribution is -0.151. The first-order valence-electron chi connectivity index (χ1n) is 11.1. The molecule has 6 heteroatoms. The molecule has 1 saturated heterocycles. The number of carbonyl (C=O) groups is 1. The van der Waals surface area contributed by atoms with Gasteiger partial charge in [-0.1, -0.05) is 38.2 Å². The van der Waals surface area contributed by atoms with Gasteiger partial charge < -0.3 is 15.1 Å². The molecule has 0 aromatic rings. The summed E-state index contributed by atoms with van der Waals surface area (Å²) in [4.78, 5) is 15.4. The number of hydrogen-bond acceptors (Lipinski definition) is 4. The van der Waals surface area contributed by atoms with Crippen LogP contribution in [0.1, 0.15) is 46.0 Å². The van der Waals surface area contributed by atoms with Gasteiger partial charge in [0.2, 0.25) is 5.91 Å². The van der Waals surface area contributed by atoms with Crippen molar-refractivity contribution in [3.63, 3.8) is 0 Å². The predicted molar refractivity (Wildman–Crippen MR) is 110 cm³/mol. The number of rotatable bonds is 3. The average Bonchev–Trinajstić information content (AvgIpc) is 3.41. The van der Waals surface area contributed by atoms with E-state index in [1.807, 2.05) is 12.2 Å². The van der Waals surface area contributed by atoms with E-state index in [9.17, 15) is 19.2 Å². The molecule has 158 valence electrons. The second-order valence-electron chi connectivity index (χ2n) is 11.0. The van der Waals surface area contributed by atoms with Gasteiger partial charge in [0.05, 0.1) is 6.10 Å². The molecule has 0 spiro atoms. The Morgan fingerprint density at radius 3 is 2.72 bits per heavy atom. The Morgan fingerprint density at radius 2 is 2.03 bits per heavy atom. The summed E-state index contributed by atoms with van der Waals surface area (Å²) in [6, 6.07) is 0. The van der Waals surface area contributed by atoms with Crippen molar-refractivity contribution in [1.29, 1.82) is 0 Å². The van der Waals surface area contributed by atoms with Crippen molar-refractivity contribution in [3.8, 4) is 0 Å². The number of fused-ring (bicyclic) bond motifs is 9. The van der Waals surface area contributed by atoms with E-state index in [1.165, 1.54) is 0 Å². The minimum atomic E-state index is -1.45. The quantitative estimate of drug-likeness (QED) is 0.689. The Morgan fingerprint density at radius 1 is 1.24 bits per heavy atom. The van der Waals surface area contributed by atoms with Crippen LogP contribution >= 0.6 is 0 Å². The molecule has 5 nitrogen and oxygen atoms in total. The highest BCUT2D eigenvalue weighted by Gasteiger charge is 2.78. The first-order valence-corrected chi connectivity index (χ1v) is 12.5. The van der Waals surface area contributed by atoms with Gasteiger partial charge in [-0.3, -0.25) is 9.00 Å². The Bertz CT molecular complexity index is 882. The van der Waals surface area contributed by atoms with Gasteiger partial charge in [0.15, 0.2) is 0 Å². The van der Waals surface area contributed by atoms with Crippen LogP contribution < -0.4 is 0 Å². The second-order valence-corrected chi connectivity index (χ2v) is 12.6. The molecule has 1 unspecified atom stereocenters. The average molecular weight is 418 g/mol. The van der Waals surface area contributed by atoms with Gasteiger partial charge in [0.1, 0.15) is 10.5 Å². The van der Waals surface area contributed by atoms with E-state index in [-0.39, 0.29) is 29.1 Å². The fraction of sp³-hybridized carbons (Fsp3) is 0.783. The summed E-state index contributed by atoms with van der Waals surface area (Å²) >= 11 is 0. The maximum atomic E-state index is 14.3. The monoisotopic (exact) mass is 417 g/mol. The number of nitrogens with zero attached hydrogens (tertiary/aromatic N) is 1. The van der Waals surface area contributed by atoms with Crippen LogP contribution in [0, 0.1) is 34.5 Å². The molecule has 6 aliphatic rings. The van der Waals surface area contributed by atoms with Gasteiger partial charge in [-0.2, -0.15) is 0 Å². The molecule has 2 heterocycles. The lowest BCUT2D eigenvalue weighted by Gasteiger charge is -2.44. The summed E-state index contributed by atoms with van der Waals surface area (Å²) in [6.07, 6.45) is 11.6. The molecule has 6 rings (SSSR count). The largest absolute Gasteiger partial charge is 0.392 e. The maximum Gasteiger partial charge on any atom is 0.245 e. The highest BCUT2D eigenvalue weighted by atomic mass is 32.2. The van der Waals surface area contributed by atoms with Crippen molar-refractivity contribution < 1.29 is 19.2 Å². The lowest BCUT2D eigenvalue weighted by Crippen LogP contribution is -2.55. The zero-order chi connectivity index (χ0) is 20.4. The molecule has 4 bridgehead atoms. The van der Waals surface area contributed by atoms with Crippen LogP contribution in [0.2, 0.25) is 0 Å². The van der Waals surface area contributed by atoms with Crippen molar-refractivity contribution in [2.45, 2.75) is 62.5 Å². The van der Waals surface area contributed by atoms with Crippen molar-refractivity contribution in [1.82, 2.24) is 4.90 Å². The minimum Gasteiger partial charge on any atom is -0.392 e. The zero-order valence-corrected chi connectivity index (χ0v) is 18.0. The molecule has 4 aliphatic carbocycles. The molecule has 0 aromatic heterocycles. The highest BCUT2D eigenvalue weighted by molar-refractivity contribution is 7.87. The topological polar surface area (TPSA) is 77.8 Å². The Labute approximate surface area is 174 Å². The Balaban J connectivity index is 1.45. The van der Waals surface area contributed by atoms with Crippen LogP contribution in [0.5, 0.6) is 0 Å². The molecule has 3 saturated carbocycles. The zero-order valence-electron chi connectivity index (χ0n) is 17.2. The predicted octanol–water partition coefficient (Wildman–Crippen LogP) is 1.97. The van der Waals surface area contributed by atoms with E-state index < -0.39 is 32.8 Å². The van der Waals surface area contributed by atoms with Gasteiger partial charge in [-0.15, -0.1) is 0 Å². The van der Waals surface area contributed by atoms with E-state index in [2.05, 4.69) is 26.0 Å². The lowest BCUT2D eigenvalue weighted by atomic mass is 9.70. The summed E-state index contributed by atoms with van der Waals surface area (Å²) < 4.78 is 13.3. The van der Waals surface area contributed by atoms with Gasteiger partial charge in [-0.05, 0) is 42.9 Å². The Kier molecular flexibility index (Phi) is 3.52. The summed E-state index contributed by atoms with van der Waals surface area (Å²) in [5.41, 5.74) is -1.70. The number of amides is 1. The van der Waals surface area contributed by atoms with Crippen molar-refractivity contribution in [2.75, 3.05) is 12.3 Å². The number of carbonyl (C=O) groups excluding carboxylic acids is 1. The highest BCUT2D eigenvalue weighted by Crippen LogP contribution is 2.69. The molecule has 1 amide bonds. The maximum absolute atomic E-state index is 14.3. The third-order valence-electron chi connectivity index (χ3n) is 10.1. The summed E-state index contributed by atoms with van der Waals surface area (Å²) in [7, 11) is -1.45. The van der Waals surface area contributed by atoms with Crippen molar-refractivity contribution in [2.24, 2.45) is 34.5 Å². The van der Waals surface area contributed by atoms with Crippen LogP contribution in [0.25, 0.3) is 0 Å². The second kappa shape index (κ2) is 5.43. The molecule has 4 fully saturated rings. The van der Waals surface area contributed by atoms with E-state index in [1.54, 1.807) is 4.90 Å². The molecule has 2 aliphatic heterocycles. The van der Waals surface area contributed by atoms with Crippen molar-refractivity contribution >= 4 is 16.7 Å². The molecule has 2 N–H and O–H groups in total. The normalized spacial score (nSPS) is 54.3. The van der Waals surface area contributed by atoms with E-state index in [4.69, 9.17) is 0 Å². The molecule has 0 radical (unpaired) electrons. The number of hydrogen-bond donors (Lipinski definition) is 2. The summed E-state index contributed by atoms with van der Waals surface area (Å²) in [5.74, 6) is 0.412. The first-order chi connectivity index (χ1) is 13.7.